The smallest absolute Gasteiger partial charge is 0.209 e. The lowest BCUT2D eigenvalue weighted by Gasteiger charge is -2.01. The van der Waals surface area contributed by atoms with Crippen LogP contribution in [0.1, 0.15) is 5.56 Å². The number of rotatable bonds is 0. The van der Waals surface area contributed by atoms with Crippen LogP contribution in [0.15, 0.2) is 46.5 Å². The van der Waals surface area contributed by atoms with Crippen molar-refractivity contribution in [1.29, 1.82) is 0 Å². The Morgan fingerprint density at radius 1 is 1.06 bits per heavy atom. The van der Waals surface area contributed by atoms with Gasteiger partial charge in [-0.05, 0) is 18.6 Å². The monoisotopic (exact) mass is 231 g/mol. The molecule has 3 rings (SSSR count). The summed E-state index contributed by atoms with van der Waals surface area (Å²) in [5.74, 6) is 0. The van der Waals surface area contributed by atoms with Gasteiger partial charge >= 0.3 is 0 Å². The van der Waals surface area contributed by atoms with Gasteiger partial charge < -0.3 is 0 Å². The van der Waals surface area contributed by atoms with Crippen LogP contribution in [0.25, 0.3) is 11.1 Å². The molecule has 1 aliphatic rings. The number of sulfone groups is 1. The van der Waals surface area contributed by atoms with Crippen molar-refractivity contribution in [2.75, 3.05) is 0 Å². The van der Waals surface area contributed by atoms with E-state index in [4.69, 9.17) is 0 Å². The number of nitrogens with zero attached hydrogens (tertiary/aromatic N) is 1. The van der Waals surface area contributed by atoms with Crippen LogP contribution in [0.3, 0.4) is 0 Å². The van der Waals surface area contributed by atoms with Crippen molar-refractivity contribution in [2.24, 2.45) is 0 Å². The first-order chi connectivity index (χ1) is 7.62. The molecule has 0 bridgehead atoms. The molecule has 0 unspecified atom stereocenters. The van der Waals surface area contributed by atoms with E-state index in [0.29, 0.717) is 9.79 Å². The molecule has 3 nitrogen and oxygen atoms in total. The second-order valence-electron chi connectivity index (χ2n) is 3.83. The summed E-state index contributed by atoms with van der Waals surface area (Å²) in [7, 11) is -3.35. The second-order valence-corrected chi connectivity index (χ2v) is 5.72. The lowest BCUT2D eigenvalue weighted by atomic mass is 10.0. The largest absolute Gasteiger partial charge is 0.263 e. The number of benzene rings is 1. The molecule has 80 valence electrons. The van der Waals surface area contributed by atoms with Crippen LogP contribution < -0.4 is 0 Å². The molecule has 4 heteroatoms. The highest BCUT2D eigenvalue weighted by molar-refractivity contribution is 7.92. The Bertz CT molecular complexity index is 690. The van der Waals surface area contributed by atoms with Crippen LogP contribution >= 0.6 is 0 Å². The van der Waals surface area contributed by atoms with Crippen LogP contribution in [0, 0.1) is 6.92 Å². The predicted molar refractivity (Wildman–Crippen MR) is 59.9 cm³/mol. The average molecular weight is 231 g/mol. The molecule has 0 amide bonds. The van der Waals surface area contributed by atoms with Crippen molar-refractivity contribution >= 4 is 9.84 Å². The minimum atomic E-state index is -3.35. The molecule has 0 atom stereocenters. The molecule has 0 aliphatic carbocycles. The van der Waals surface area contributed by atoms with Gasteiger partial charge in [-0.3, -0.25) is 4.98 Å². The summed E-state index contributed by atoms with van der Waals surface area (Å²) in [5, 5.41) is 0. The summed E-state index contributed by atoms with van der Waals surface area (Å²) in [6.45, 7) is 1.88. The molecule has 1 aliphatic heterocycles. The van der Waals surface area contributed by atoms with Crippen molar-refractivity contribution in [3.63, 3.8) is 0 Å². The van der Waals surface area contributed by atoms with Crippen molar-refractivity contribution in [1.82, 2.24) is 4.98 Å². The average Bonchev–Trinajstić information content (AvgIpc) is 2.51. The standard InChI is InChI=1S/C12H9NO2S/c1-8-6-13-7-11-12(8)9-4-2-3-5-10(9)16(11,14)15/h2-7H,1H3. The maximum atomic E-state index is 12.2. The highest BCUT2D eigenvalue weighted by Gasteiger charge is 2.33. The number of pyridine rings is 1. The van der Waals surface area contributed by atoms with E-state index in [1.807, 2.05) is 19.1 Å². The van der Waals surface area contributed by atoms with Gasteiger partial charge in [-0.2, -0.15) is 0 Å². The number of fused-ring (bicyclic) bond motifs is 3. The zero-order valence-corrected chi connectivity index (χ0v) is 9.45. The zero-order chi connectivity index (χ0) is 11.3. The molecule has 0 saturated carbocycles. The van der Waals surface area contributed by atoms with E-state index < -0.39 is 9.84 Å². The summed E-state index contributed by atoms with van der Waals surface area (Å²) >= 11 is 0. The van der Waals surface area contributed by atoms with Gasteiger partial charge in [0.2, 0.25) is 9.84 Å². The third kappa shape index (κ3) is 1.02. The minimum Gasteiger partial charge on any atom is -0.263 e. The van der Waals surface area contributed by atoms with Crippen LogP contribution in [-0.2, 0) is 9.84 Å². The summed E-state index contributed by atoms with van der Waals surface area (Å²) in [4.78, 5) is 4.67. The Labute approximate surface area is 93.7 Å². The maximum absolute atomic E-state index is 12.2. The summed E-state index contributed by atoms with van der Waals surface area (Å²) in [6, 6.07) is 7.07. The molecule has 0 spiro atoms. The van der Waals surface area contributed by atoms with Crippen LogP contribution in [-0.4, -0.2) is 13.4 Å². The van der Waals surface area contributed by atoms with Crippen molar-refractivity contribution in [3.05, 3.63) is 42.2 Å². The van der Waals surface area contributed by atoms with E-state index in [0.717, 1.165) is 16.7 Å². The number of aryl methyl sites for hydroxylation is 1. The Kier molecular flexibility index (Phi) is 1.74. The SMILES string of the molecule is Cc1cncc2c1-c1ccccc1S2(=O)=O. The molecule has 2 aromatic rings. The van der Waals surface area contributed by atoms with Gasteiger partial charge in [0, 0.05) is 23.5 Å². The van der Waals surface area contributed by atoms with Crippen molar-refractivity contribution in [2.45, 2.75) is 16.7 Å². The highest BCUT2D eigenvalue weighted by atomic mass is 32.2. The van der Waals surface area contributed by atoms with Crippen molar-refractivity contribution < 1.29 is 8.42 Å². The normalized spacial score (nSPS) is 15.6. The summed E-state index contributed by atoms with van der Waals surface area (Å²) in [5.41, 5.74) is 2.48. The molecule has 0 saturated heterocycles. The van der Waals surface area contributed by atoms with Gasteiger partial charge in [0.25, 0.3) is 0 Å². The van der Waals surface area contributed by atoms with Gasteiger partial charge in [-0.1, -0.05) is 18.2 Å². The van der Waals surface area contributed by atoms with Crippen LogP contribution in [0.5, 0.6) is 0 Å². The van der Waals surface area contributed by atoms with E-state index in [1.165, 1.54) is 6.20 Å². The third-order valence-electron chi connectivity index (χ3n) is 2.84. The van der Waals surface area contributed by atoms with Crippen molar-refractivity contribution in [3.8, 4) is 11.1 Å². The highest BCUT2D eigenvalue weighted by Crippen LogP contribution is 2.43. The predicted octanol–water partition coefficient (Wildman–Crippen LogP) is 2.20. The van der Waals surface area contributed by atoms with Gasteiger partial charge in [0.1, 0.15) is 0 Å². The molecule has 0 radical (unpaired) electrons. The topological polar surface area (TPSA) is 47.0 Å². The fraction of sp³-hybridized carbons (Fsp3) is 0.0833. The molecule has 1 aromatic heterocycles. The molecule has 2 heterocycles. The van der Waals surface area contributed by atoms with Gasteiger partial charge in [0.15, 0.2) is 0 Å². The van der Waals surface area contributed by atoms with E-state index in [9.17, 15) is 8.42 Å². The first-order valence-electron chi connectivity index (χ1n) is 4.91. The molecule has 0 fully saturated rings. The molecular weight excluding hydrogens is 222 g/mol. The lowest BCUT2D eigenvalue weighted by Crippen LogP contribution is -1.97. The number of aromatic nitrogens is 1. The Morgan fingerprint density at radius 2 is 1.81 bits per heavy atom. The van der Waals surface area contributed by atoms with E-state index in [1.54, 1.807) is 18.3 Å². The second kappa shape index (κ2) is 2.92. The quantitative estimate of drug-likeness (QED) is 0.596. The first-order valence-corrected chi connectivity index (χ1v) is 6.40. The van der Waals surface area contributed by atoms with E-state index in [2.05, 4.69) is 4.98 Å². The van der Waals surface area contributed by atoms with Gasteiger partial charge in [-0.15, -0.1) is 0 Å². The van der Waals surface area contributed by atoms with Gasteiger partial charge in [-0.25, -0.2) is 8.42 Å². The van der Waals surface area contributed by atoms with E-state index >= 15 is 0 Å². The fourth-order valence-corrected chi connectivity index (χ4v) is 3.81. The molecule has 1 aromatic carbocycles. The number of hydrogen-bond acceptors (Lipinski definition) is 3. The fourth-order valence-electron chi connectivity index (χ4n) is 2.12. The maximum Gasteiger partial charge on any atom is 0.209 e. The molecule has 16 heavy (non-hydrogen) atoms. The zero-order valence-electron chi connectivity index (χ0n) is 8.64. The Hall–Kier alpha value is -1.68. The Morgan fingerprint density at radius 3 is 2.62 bits per heavy atom. The van der Waals surface area contributed by atoms with Crippen LogP contribution in [0.4, 0.5) is 0 Å². The van der Waals surface area contributed by atoms with Crippen LogP contribution in [0.2, 0.25) is 0 Å². The number of hydrogen-bond donors (Lipinski definition) is 0. The summed E-state index contributed by atoms with van der Waals surface area (Å²) < 4.78 is 24.4. The minimum absolute atomic E-state index is 0.328. The Balaban J connectivity index is 2.56. The molecular formula is C12H9NO2S. The van der Waals surface area contributed by atoms with E-state index in [-0.39, 0.29) is 0 Å². The van der Waals surface area contributed by atoms with Gasteiger partial charge in [0.05, 0.1) is 9.79 Å². The lowest BCUT2D eigenvalue weighted by molar-refractivity contribution is 0.598. The third-order valence-corrected chi connectivity index (χ3v) is 4.66. The first kappa shape index (κ1) is 9.54. The molecule has 0 N–H and O–H groups in total. The summed E-state index contributed by atoms with van der Waals surface area (Å²) in [6.07, 6.45) is 3.12.